The molecule has 0 bridgehead atoms. The molecule has 1 unspecified atom stereocenters. The van der Waals surface area contributed by atoms with Crippen molar-refractivity contribution < 1.29 is 19.8 Å². The fourth-order valence-corrected chi connectivity index (χ4v) is 0.860. The van der Waals surface area contributed by atoms with Crippen molar-refractivity contribution in [1.29, 1.82) is 0 Å². The monoisotopic (exact) mass is 213 g/mol. The summed E-state index contributed by atoms with van der Waals surface area (Å²) in [6, 6.07) is -1.04. The lowest BCUT2D eigenvalue weighted by Gasteiger charge is -2.10. The summed E-state index contributed by atoms with van der Waals surface area (Å²) in [7, 11) is 0. The van der Waals surface area contributed by atoms with E-state index in [2.05, 4.69) is 5.32 Å². The Labute approximate surface area is 88.1 Å². The van der Waals surface area contributed by atoms with E-state index in [1.807, 2.05) is 0 Å². The molecular weight excluding hydrogens is 198 g/mol. The molecule has 0 aliphatic carbocycles. The van der Waals surface area contributed by atoms with Gasteiger partial charge in [0.05, 0.1) is 0 Å². The van der Waals surface area contributed by atoms with Crippen LogP contribution in [0.4, 0.5) is 0 Å². The predicted octanol–water partition coefficient (Wildman–Crippen LogP) is 0.0705. The van der Waals surface area contributed by atoms with Crippen molar-refractivity contribution in [1.82, 2.24) is 5.32 Å². The number of carbonyl (C=O) groups is 2. The van der Waals surface area contributed by atoms with Crippen LogP contribution in [0.15, 0.2) is 24.3 Å². The summed E-state index contributed by atoms with van der Waals surface area (Å²) < 4.78 is 0. The lowest BCUT2D eigenvalue weighted by molar-refractivity contribution is -0.141. The number of nitrogens with one attached hydrogen (secondary N) is 1. The van der Waals surface area contributed by atoms with E-state index >= 15 is 0 Å². The van der Waals surface area contributed by atoms with Gasteiger partial charge < -0.3 is 15.5 Å². The first-order chi connectivity index (χ1) is 7.11. The second-order valence-electron chi connectivity index (χ2n) is 2.80. The normalized spacial score (nSPS) is 13.2. The van der Waals surface area contributed by atoms with Gasteiger partial charge in [0, 0.05) is 19.1 Å². The van der Waals surface area contributed by atoms with Crippen molar-refractivity contribution in [2.75, 3.05) is 6.61 Å². The van der Waals surface area contributed by atoms with Crippen LogP contribution in [0.1, 0.15) is 13.3 Å². The Kier molecular flexibility index (Phi) is 6.92. The molecule has 1 atom stereocenters. The zero-order valence-corrected chi connectivity index (χ0v) is 8.51. The minimum absolute atomic E-state index is 0.00146. The number of carboxylic acids is 1. The first-order valence-corrected chi connectivity index (χ1v) is 4.55. The molecule has 0 aromatic heterocycles. The summed E-state index contributed by atoms with van der Waals surface area (Å²) in [6.45, 7) is 1.52. The first-order valence-electron chi connectivity index (χ1n) is 4.55. The van der Waals surface area contributed by atoms with Gasteiger partial charge in [0.2, 0.25) is 5.91 Å². The summed E-state index contributed by atoms with van der Waals surface area (Å²) in [5, 5.41) is 19.5. The van der Waals surface area contributed by atoms with E-state index in [1.54, 1.807) is 19.1 Å². The first kappa shape index (κ1) is 13.4. The number of allylic oxidation sites excluding steroid dienone is 3. The van der Waals surface area contributed by atoms with Gasteiger partial charge in [-0.2, -0.15) is 0 Å². The Bertz CT molecular complexity index is 271. The fourth-order valence-electron chi connectivity index (χ4n) is 0.860. The van der Waals surface area contributed by atoms with Crippen molar-refractivity contribution in [2.45, 2.75) is 19.4 Å². The largest absolute Gasteiger partial charge is 0.480 e. The second kappa shape index (κ2) is 7.75. The Hall–Kier alpha value is -1.62. The van der Waals surface area contributed by atoms with Gasteiger partial charge in [0.1, 0.15) is 6.04 Å². The molecule has 3 N–H and O–H groups in total. The van der Waals surface area contributed by atoms with Crippen molar-refractivity contribution in [3.8, 4) is 0 Å². The van der Waals surface area contributed by atoms with Gasteiger partial charge in [0.15, 0.2) is 0 Å². The molecule has 0 aromatic carbocycles. The quantitative estimate of drug-likeness (QED) is 0.430. The van der Waals surface area contributed by atoms with Gasteiger partial charge in [0.25, 0.3) is 0 Å². The number of aliphatic hydroxyl groups excluding tert-OH is 1. The number of carbonyl (C=O) groups excluding carboxylic acids is 1. The number of carboxylic acid groups (broad SMARTS) is 1. The highest BCUT2D eigenvalue weighted by Crippen LogP contribution is 1.91. The molecule has 0 rings (SSSR count). The Morgan fingerprint density at radius 1 is 1.40 bits per heavy atom. The molecule has 0 saturated heterocycles. The van der Waals surface area contributed by atoms with Crippen molar-refractivity contribution in [3.63, 3.8) is 0 Å². The highest BCUT2D eigenvalue weighted by molar-refractivity contribution is 5.91. The maximum atomic E-state index is 11.1. The van der Waals surface area contributed by atoms with Gasteiger partial charge in [-0.15, -0.1) is 0 Å². The van der Waals surface area contributed by atoms with Gasteiger partial charge in [-0.25, -0.2) is 4.79 Å². The lowest BCUT2D eigenvalue weighted by Crippen LogP contribution is -2.40. The number of aliphatic hydroxyl groups is 1. The van der Waals surface area contributed by atoms with Gasteiger partial charge in [-0.1, -0.05) is 18.2 Å². The molecule has 0 aliphatic heterocycles. The van der Waals surface area contributed by atoms with Crippen molar-refractivity contribution >= 4 is 11.9 Å². The zero-order chi connectivity index (χ0) is 11.7. The summed E-state index contributed by atoms with van der Waals surface area (Å²) in [6.07, 6.45) is 6.13. The molecular formula is C10H15NO4. The van der Waals surface area contributed by atoms with Crippen LogP contribution in [0.25, 0.3) is 0 Å². The topological polar surface area (TPSA) is 86.6 Å². The van der Waals surface area contributed by atoms with Crippen LogP contribution in [0.5, 0.6) is 0 Å². The Morgan fingerprint density at radius 2 is 2.07 bits per heavy atom. The number of hydrogen-bond acceptors (Lipinski definition) is 3. The van der Waals surface area contributed by atoms with Crippen molar-refractivity contribution in [3.05, 3.63) is 24.3 Å². The highest BCUT2D eigenvalue weighted by Gasteiger charge is 2.17. The Balaban J connectivity index is 4.16. The molecule has 15 heavy (non-hydrogen) atoms. The van der Waals surface area contributed by atoms with Crippen LogP contribution in [-0.2, 0) is 9.59 Å². The molecule has 84 valence electrons. The smallest absolute Gasteiger partial charge is 0.326 e. The summed E-state index contributed by atoms with van der Waals surface area (Å²) in [5.41, 5.74) is 0. The third-order valence-electron chi connectivity index (χ3n) is 1.58. The Morgan fingerprint density at radius 3 is 2.53 bits per heavy atom. The van der Waals surface area contributed by atoms with Gasteiger partial charge in [-0.05, 0) is 6.92 Å². The SMILES string of the molecule is C/C=C/C=C/C(=O)NC(CCO)C(=O)O. The van der Waals surface area contributed by atoms with Crippen LogP contribution < -0.4 is 5.32 Å². The van der Waals surface area contributed by atoms with E-state index < -0.39 is 17.9 Å². The van der Waals surface area contributed by atoms with E-state index in [4.69, 9.17) is 10.2 Å². The van der Waals surface area contributed by atoms with E-state index in [9.17, 15) is 9.59 Å². The maximum absolute atomic E-state index is 11.1. The van der Waals surface area contributed by atoms with Gasteiger partial charge >= 0.3 is 5.97 Å². The zero-order valence-electron chi connectivity index (χ0n) is 8.51. The summed E-state index contributed by atoms with van der Waals surface area (Å²) >= 11 is 0. The molecule has 0 fully saturated rings. The number of rotatable bonds is 6. The lowest BCUT2D eigenvalue weighted by atomic mass is 10.2. The number of hydrogen-bond donors (Lipinski definition) is 3. The van der Waals surface area contributed by atoms with Crippen LogP contribution in [0.3, 0.4) is 0 Å². The molecule has 0 radical (unpaired) electrons. The minimum atomic E-state index is -1.16. The second-order valence-corrected chi connectivity index (χ2v) is 2.80. The van der Waals surface area contributed by atoms with Crippen LogP contribution in [-0.4, -0.2) is 34.7 Å². The molecule has 0 aromatic rings. The molecule has 0 heterocycles. The van der Waals surface area contributed by atoms with E-state index in [1.165, 1.54) is 12.2 Å². The van der Waals surface area contributed by atoms with E-state index in [0.29, 0.717) is 0 Å². The maximum Gasteiger partial charge on any atom is 0.326 e. The third-order valence-corrected chi connectivity index (χ3v) is 1.58. The molecule has 1 amide bonds. The van der Waals surface area contributed by atoms with Crippen molar-refractivity contribution in [2.24, 2.45) is 0 Å². The predicted molar refractivity (Wildman–Crippen MR) is 55.2 cm³/mol. The summed E-state index contributed by atoms with van der Waals surface area (Å²) in [4.78, 5) is 21.7. The molecule has 5 heteroatoms. The van der Waals surface area contributed by atoms with E-state index in [-0.39, 0.29) is 13.0 Å². The van der Waals surface area contributed by atoms with Crippen LogP contribution >= 0.6 is 0 Å². The number of aliphatic carboxylic acids is 1. The van der Waals surface area contributed by atoms with E-state index in [0.717, 1.165) is 0 Å². The minimum Gasteiger partial charge on any atom is -0.480 e. The average Bonchev–Trinajstić information content (AvgIpc) is 2.17. The number of amides is 1. The van der Waals surface area contributed by atoms with Crippen LogP contribution in [0, 0.1) is 0 Å². The fraction of sp³-hybridized carbons (Fsp3) is 0.400. The molecule has 0 aliphatic rings. The molecule has 5 nitrogen and oxygen atoms in total. The standard InChI is InChI=1S/C10H15NO4/c1-2-3-4-5-9(13)11-8(6-7-12)10(14)15/h2-5,8,12H,6-7H2,1H3,(H,11,13)(H,14,15)/b3-2+,5-4+. The van der Waals surface area contributed by atoms with Gasteiger partial charge in [-0.3, -0.25) is 4.79 Å². The van der Waals surface area contributed by atoms with Crippen LogP contribution in [0.2, 0.25) is 0 Å². The summed E-state index contributed by atoms with van der Waals surface area (Å²) in [5.74, 6) is -1.65. The molecule has 0 spiro atoms. The third kappa shape index (κ3) is 6.45. The molecule has 0 saturated carbocycles. The average molecular weight is 213 g/mol. The highest BCUT2D eigenvalue weighted by atomic mass is 16.4.